The summed E-state index contributed by atoms with van der Waals surface area (Å²) in [6, 6.07) is 9.73. The highest BCUT2D eigenvalue weighted by molar-refractivity contribution is 6.01. The van der Waals surface area contributed by atoms with Crippen molar-refractivity contribution in [3.8, 4) is 0 Å². The van der Waals surface area contributed by atoms with Crippen LogP contribution >= 0.6 is 0 Å². The Morgan fingerprint density at radius 3 is 2.71 bits per heavy atom. The number of benzene rings is 1. The molecule has 1 aromatic carbocycles. The Balaban J connectivity index is 1.46. The molecule has 1 aromatic heterocycles. The van der Waals surface area contributed by atoms with Crippen molar-refractivity contribution in [3.05, 3.63) is 47.7 Å². The molecule has 0 radical (unpaired) electrons. The van der Waals surface area contributed by atoms with Crippen LogP contribution in [0.25, 0.3) is 0 Å². The summed E-state index contributed by atoms with van der Waals surface area (Å²) in [5.74, 6) is 0.860. The van der Waals surface area contributed by atoms with E-state index in [1.54, 1.807) is 6.20 Å². The molecule has 0 atom stereocenters. The van der Waals surface area contributed by atoms with Crippen LogP contribution in [0.3, 0.4) is 0 Å². The molecule has 1 saturated heterocycles. The van der Waals surface area contributed by atoms with Gasteiger partial charge >= 0.3 is 6.03 Å². The Bertz CT molecular complexity index is 753. The molecule has 2 amide bonds. The topological polar surface area (TPSA) is 57.3 Å². The summed E-state index contributed by atoms with van der Waals surface area (Å²) in [5.41, 5.74) is 4.37. The molecule has 2 heterocycles. The molecule has 2 N–H and O–H groups in total. The molecule has 0 unspecified atom stereocenters. The lowest BCUT2D eigenvalue weighted by molar-refractivity contribution is 0.262. The number of carbonyl (C=O) groups is 1. The van der Waals surface area contributed by atoms with Crippen molar-refractivity contribution in [2.75, 3.05) is 28.6 Å². The number of anilines is 3. The minimum atomic E-state index is -0.221. The van der Waals surface area contributed by atoms with Gasteiger partial charge in [0.2, 0.25) is 0 Å². The SMILES string of the molecule is O=C(Nc1ccc2c(c1)CCC2)Nc1cccnc1N1CCCC1. The number of hydrogen-bond donors (Lipinski definition) is 2. The molecule has 124 valence electrons. The number of aromatic nitrogens is 1. The number of hydrogen-bond acceptors (Lipinski definition) is 3. The van der Waals surface area contributed by atoms with Gasteiger partial charge in [-0.05, 0) is 67.5 Å². The Kier molecular flexibility index (Phi) is 4.07. The molecule has 24 heavy (non-hydrogen) atoms. The lowest BCUT2D eigenvalue weighted by Crippen LogP contribution is -2.24. The lowest BCUT2D eigenvalue weighted by Gasteiger charge is -2.20. The van der Waals surface area contributed by atoms with E-state index in [9.17, 15) is 4.79 Å². The lowest BCUT2D eigenvalue weighted by atomic mass is 10.1. The third kappa shape index (κ3) is 3.07. The number of urea groups is 1. The first-order valence-electron chi connectivity index (χ1n) is 8.69. The molecule has 5 nitrogen and oxygen atoms in total. The second-order valence-electron chi connectivity index (χ2n) is 6.48. The van der Waals surface area contributed by atoms with Crippen LogP contribution in [0, 0.1) is 0 Å². The maximum absolute atomic E-state index is 12.4. The molecule has 0 saturated carbocycles. The fourth-order valence-corrected chi connectivity index (χ4v) is 3.61. The van der Waals surface area contributed by atoms with Crippen LogP contribution in [0.4, 0.5) is 22.0 Å². The Labute approximate surface area is 142 Å². The van der Waals surface area contributed by atoms with E-state index in [0.717, 1.165) is 43.1 Å². The fourth-order valence-electron chi connectivity index (χ4n) is 3.61. The number of carbonyl (C=O) groups excluding carboxylic acids is 1. The average molecular weight is 322 g/mol. The molecule has 5 heteroatoms. The van der Waals surface area contributed by atoms with Gasteiger partial charge in [0.05, 0.1) is 5.69 Å². The highest BCUT2D eigenvalue weighted by atomic mass is 16.2. The van der Waals surface area contributed by atoms with Crippen LogP contribution in [0.5, 0.6) is 0 Å². The number of nitrogens with zero attached hydrogens (tertiary/aromatic N) is 2. The van der Waals surface area contributed by atoms with E-state index in [1.807, 2.05) is 18.2 Å². The second-order valence-corrected chi connectivity index (χ2v) is 6.48. The van der Waals surface area contributed by atoms with E-state index in [0.29, 0.717) is 0 Å². The molecular formula is C19H22N4O. The summed E-state index contributed by atoms with van der Waals surface area (Å²) in [4.78, 5) is 19.1. The standard InChI is InChI=1S/C19H22N4O/c24-19(21-16-9-8-14-5-3-6-15(14)13-16)22-17-7-4-10-20-18(17)23-11-1-2-12-23/h4,7-10,13H,1-3,5-6,11-12H2,(H2,21,22,24). The van der Waals surface area contributed by atoms with E-state index in [1.165, 1.54) is 30.4 Å². The van der Waals surface area contributed by atoms with Gasteiger partial charge in [0, 0.05) is 25.0 Å². The number of amides is 2. The normalized spacial score (nSPS) is 16.1. The summed E-state index contributed by atoms with van der Waals surface area (Å²) < 4.78 is 0. The first-order chi connectivity index (χ1) is 11.8. The zero-order valence-corrected chi connectivity index (χ0v) is 13.7. The van der Waals surface area contributed by atoms with Crippen LogP contribution in [-0.4, -0.2) is 24.1 Å². The number of rotatable bonds is 3. The number of fused-ring (bicyclic) bond motifs is 1. The molecular weight excluding hydrogens is 300 g/mol. The van der Waals surface area contributed by atoms with Crippen molar-refractivity contribution < 1.29 is 4.79 Å². The molecule has 2 aromatic rings. The zero-order chi connectivity index (χ0) is 16.4. The van der Waals surface area contributed by atoms with Crippen LogP contribution in [0.1, 0.15) is 30.4 Å². The highest BCUT2D eigenvalue weighted by Crippen LogP contribution is 2.27. The smallest absolute Gasteiger partial charge is 0.323 e. The van der Waals surface area contributed by atoms with Gasteiger partial charge < -0.3 is 15.5 Å². The van der Waals surface area contributed by atoms with Gasteiger partial charge in [-0.1, -0.05) is 6.07 Å². The minimum absolute atomic E-state index is 0.221. The van der Waals surface area contributed by atoms with Gasteiger partial charge in [0.25, 0.3) is 0 Å². The third-order valence-electron chi connectivity index (χ3n) is 4.80. The highest BCUT2D eigenvalue weighted by Gasteiger charge is 2.18. The van der Waals surface area contributed by atoms with E-state index >= 15 is 0 Å². The van der Waals surface area contributed by atoms with Crippen LogP contribution in [0.15, 0.2) is 36.5 Å². The molecule has 1 aliphatic carbocycles. The minimum Gasteiger partial charge on any atom is -0.355 e. The van der Waals surface area contributed by atoms with Gasteiger partial charge in [-0.15, -0.1) is 0 Å². The summed E-state index contributed by atoms with van der Waals surface area (Å²) in [7, 11) is 0. The van der Waals surface area contributed by atoms with E-state index < -0.39 is 0 Å². The van der Waals surface area contributed by atoms with E-state index in [-0.39, 0.29) is 6.03 Å². The molecule has 4 rings (SSSR count). The molecule has 0 spiro atoms. The third-order valence-corrected chi connectivity index (χ3v) is 4.80. The van der Waals surface area contributed by atoms with Gasteiger partial charge in [0.15, 0.2) is 5.82 Å². The zero-order valence-electron chi connectivity index (χ0n) is 13.7. The van der Waals surface area contributed by atoms with Gasteiger partial charge in [-0.25, -0.2) is 9.78 Å². The van der Waals surface area contributed by atoms with Crippen molar-refractivity contribution in [1.82, 2.24) is 4.98 Å². The predicted octanol–water partition coefficient (Wildman–Crippen LogP) is 3.81. The van der Waals surface area contributed by atoms with Gasteiger partial charge in [0.1, 0.15) is 0 Å². The first kappa shape index (κ1) is 15.0. The van der Waals surface area contributed by atoms with Crippen molar-refractivity contribution >= 4 is 23.2 Å². The van der Waals surface area contributed by atoms with E-state index in [2.05, 4.69) is 32.7 Å². The monoisotopic (exact) mass is 322 g/mol. The van der Waals surface area contributed by atoms with Gasteiger partial charge in [-0.2, -0.15) is 0 Å². The van der Waals surface area contributed by atoms with Crippen LogP contribution < -0.4 is 15.5 Å². The Morgan fingerprint density at radius 2 is 1.83 bits per heavy atom. The summed E-state index contributed by atoms with van der Waals surface area (Å²) in [6.45, 7) is 2.00. The largest absolute Gasteiger partial charge is 0.355 e. The second kappa shape index (κ2) is 6.51. The van der Waals surface area contributed by atoms with E-state index in [4.69, 9.17) is 0 Å². The number of nitrogens with one attached hydrogen (secondary N) is 2. The first-order valence-corrected chi connectivity index (χ1v) is 8.69. The van der Waals surface area contributed by atoms with Gasteiger partial charge in [-0.3, -0.25) is 0 Å². The van der Waals surface area contributed by atoms with Crippen molar-refractivity contribution in [2.24, 2.45) is 0 Å². The Morgan fingerprint density at radius 1 is 1.00 bits per heavy atom. The number of aryl methyl sites for hydroxylation is 2. The van der Waals surface area contributed by atoms with Crippen molar-refractivity contribution in [3.63, 3.8) is 0 Å². The maximum Gasteiger partial charge on any atom is 0.323 e. The molecule has 0 bridgehead atoms. The predicted molar refractivity (Wildman–Crippen MR) is 96.8 cm³/mol. The summed E-state index contributed by atoms with van der Waals surface area (Å²) >= 11 is 0. The summed E-state index contributed by atoms with van der Waals surface area (Å²) in [6.07, 6.45) is 7.59. The fraction of sp³-hybridized carbons (Fsp3) is 0.368. The van der Waals surface area contributed by atoms with Crippen LogP contribution in [0.2, 0.25) is 0 Å². The average Bonchev–Trinajstić information content (AvgIpc) is 3.26. The summed E-state index contributed by atoms with van der Waals surface area (Å²) in [5, 5.41) is 5.89. The molecule has 2 aliphatic rings. The Hall–Kier alpha value is -2.56. The van der Waals surface area contributed by atoms with Crippen molar-refractivity contribution in [2.45, 2.75) is 32.1 Å². The quantitative estimate of drug-likeness (QED) is 0.903. The van der Waals surface area contributed by atoms with Crippen molar-refractivity contribution in [1.29, 1.82) is 0 Å². The number of pyridine rings is 1. The maximum atomic E-state index is 12.4. The molecule has 1 aliphatic heterocycles. The van der Waals surface area contributed by atoms with Crippen LogP contribution in [-0.2, 0) is 12.8 Å². The molecule has 1 fully saturated rings.